The molecule has 1 atom stereocenters. The molecule has 6 N–H and O–H groups in total. The first kappa shape index (κ1) is 34.2. The summed E-state index contributed by atoms with van der Waals surface area (Å²) in [6.45, 7) is 2.43. The van der Waals surface area contributed by atoms with E-state index in [-0.39, 0.29) is 36.1 Å². The van der Waals surface area contributed by atoms with E-state index >= 15 is 0 Å². The molecule has 0 fully saturated rings. The Bertz CT molecular complexity index is 1570. The number of carbonyl (C=O) groups excluding carboxylic acids is 1. The maximum absolute atomic E-state index is 13.2. The molecule has 0 radical (unpaired) electrons. The van der Waals surface area contributed by atoms with Gasteiger partial charge < -0.3 is 31.5 Å². The SMILES string of the molecule is CCCCCC=CC(=O)CCc1ccc(O)c(OCCc2ccc(O)c(C(CC([O-])=C3C=CN=C3)c3ccc(C(N)N)cc3)c2)c1. The number of aliphatic imine (C=N–C) groups is 1. The van der Waals surface area contributed by atoms with Crippen LogP contribution in [-0.2, 0) is 17.6 Å². The smallest absolute Gasteiger partial charge is 0.161 e. The quantitative estimate of drug-likeness (QED) is 0.0622. The molecule has 1 unspecified atom stereocenters. The first-order chi connectivity index (χ1) is 22.2. The van der Waals surface area contributed by atoms with Crippen molar-refractivity contribution in [2.75, 3.05) is 6.61 Å². The van der Waals surface area contributed by atoms with Gasteiger partial charge in [-0.3, -0.25) is 9.79 Å². The number of rotatable bonds is 17. The van der Waals surface area contributed by atoms with Crippen LogP contribution in [-0.4, -0.2) is 28.8 Å². The number of hydrogen-bond acceptors (Lipinski definition) is 8. The maximum atomic E-state index is 13.2. The summed E-state index contributed by atoms with van der Waals surface area (Å²) in [6.07, 6.45) is 13.7. The molecule has 242 valence electrons. The van der Waals surface area contributed by atoms with Gasteiger partial charge in [0.2, 0.25) is 0 Å². The standard InChI is InChI=1S/C38H45N3O5/c1-2-3-4-5-6-7-31(42)15-8-26-10-17-35(44)37(23-26)46-21-19-27-9-16-34(43)33(22-27)32(24-36(45)30-18-20-41-25-30)28-11-13-29(14-12-28)38(39)40/h6-7,9-14,16-18,20,22-23,25,32,38,43-45H,2-5,8,15,19,21,24,39-40H2,1H3/p-1. The van der Waals surface area contributed by atoms with Gasteiger partial charge in [0.15, 0.2) is 17.3 Å². The molecular weight excluding hydrogens is 578 g/mol. The predicted octanol–water partition coefficient (Wildman–Crippen LogP) is 6.01. The van der Waals surface area contributed by atoms with E-state index in [4.69, 9.17) is 16.2 Å². The summed E-state index contributed by atoms with van der Waals surface area (Å²) in [5.41, 5.74) is 16.2. The second-order valence-corrected chi connectivity index (χ2v) is 11.6. The molecule has 1 aliphatic heterocycles. The summed E-state index contributed by atoms with van der Waals surface area (Å²) in [7, 11) is 0. The minimum atomic E-state index is -0.619. The van der Waals surface area contributed by atoms with Crippen molar-refractivity contribution in [3.8, 4) is 17.2 Å². The minimum Gasteiger partial charge on any atom is -0.875 e. The number of benzene rings is 3. The summed E-state index contributed by atoms with van der Waals surface area (Å²) in [5.74, 6) is 0.0256. The lowest BCUT2D eigenvalue weighted by Gasteiger charge is -2.25. The number of hydrogen-bond donors (Lipinski definition) is 4. The zero-order valence-electron chi connectivity index (χ0n) is 26.4. The van der Waals surface area contributed by atoms with E-state index in [9.17, 15) is 20.1 Å². The molecule has 3 aromatic carbocycles. The van der Waals surface area contributed by atoms with Crippen molar-refractivity contribution in [1.82, 2.24) is 0 Å². The van der Waals surface area contributed by atoms with Crippen LogP contribution >= 0.6 is 0 Å². The predicted molar refractivity (Wildman–Crippen MR) is 181 cm³/mol. The topological polar surface area (TPSA) is 154 Å². The average molecular weight is 623 g/mol. The largest absolute Gasteiger partial charge is 0.875 e. The Hall–Kier alpha value is -4.66. The molecule has 0 aromatic heterocycles. The number of allylic oxidation sites excluding steroid dienone is 5. The number of carbonyl (C=O) groups is 1. The highest BCUT2D eigenvalue weighted by molar-refractivity contribution is 5.89. The van der Waals surface area contributed by atoms with E-state index in [1.54, 1.807) is 48.8 Å². The highest BCUT2D eigenvalue weighted by Crippen LogP contribution is 2.37. The van der Waals surface area contributed by atoms with Crippen molar-refractivity contribution in [3.05, 3.63) is 124 Å². The second kappa shape index (κ2) is 17.1. The number of phenolic OH excluding ortho intramolecular Hbond substituents is 2. The molecule has 0 amide bonds. The lowest BCUT2D eigenvalue weighted by atomic mass is 9.85. The molecule has 1 heterocycles. The normalized spacial score (nSPS) is 14.3. The zero-order chi connectivity index (χ0) is 32.9. The van der Waals surface area contributed by atoms with Crippen LogP contribution in [0, 0.1) is 0 Å². The van der Waals surface area contributed by atoms with Gasteiger partial charge in [0, 0.05) is 36.7 Å². The number of ether oxygens (including phenoxy) is 1. The number of nitrogens with two attached hydrogens (primary N) is 2. The summed E-state index contributed by atoms with van der Waals surface area (Å²) >= 11 is 0. The van der Waals surface area contributed by atoms with Crippen LogP contribution in [0.4, 0.5) is 0 Å². The van der Waals surface area contributed by atoms with Gasteiger partial charge in [-0.2, -0.15) is 0 Å². The molecule has 0 saturated heterocycles. The third-order valence-corrected chi connectivity index (χ3v) is 8.07. The summed E-state index contributed by atoms with van der Waals surface area (Å²) in [4.78, 5) is 16.3. The fourth-order valence-electron chi connectivity index (χ4n) is 5.34. The van der Waals surface area contributed by atoms with Gasteiger partial charge in [-0.1, -0.05) is 68.3 Å². The third-order valence-electron chi connectivity index (χ3n) is 8.07. The molecule has 4 rings (SSSR count). The van der Waals surface area contributed by atoms with E-state index in [0.29, 0.717) is 36.1 Å². The van der Waals surface area contributed by atoms with Crippen molar-refractivity contribution < 1.29 is 24.9 Å². The molecule has 3 aromatic rings. The lowest BCUT2D eigenvalue weighted by molar-refractivity contribution is -0.307. The Morgan fingerprint density at radius 2 is 1.67 bits per heavy atom. The zero-order valence-corrected chi connectivity index (χ0v) is 26.4. The van der Waals surface area contributed by atoms with Crippen LogP contribution in [0.3, 0.4) is 0 Å². The number of aryl methyl sites for hydroxylation is 1. The van der Waals surface area contributed by atoms with Crippen LogP contribution in [0.2, 0.25) is 0 Å². The van der Waals surface area contributed by atoms with Crippen LogP contribution in [0.1, 0.15) is 85.3 Å². The molecule has 1 aliphatic rings. The van der Waals surface area contributed by atoms with Crippen molar-refractivity contribution in [3.63, 3.8) is 0 Å². The molecule has 0 aliphatic carbocycles. The second-order valence-electron chi connectivity index (χ2n) is 11.6. The van der Waals surface area contributed by atoms with Crippen LogP contribution in [0.25, 0.3) is 0 Å². The third kappa shape index (κ3) is 9.92. The van der Waals surface area contributed by atoms with Crippen molar-refractivity contribution >= 4 is 12.0 Å². The molecule has 8 heteroatoms. The minimum absolute atomic E-state index is 0.0264. The lowest BCUT2D eigenvalue weighted by Crippen LogP contribution is -2.20. The highest BCUT2D eigenvalue weighted by atomic mass is 16.5. The van der Waals surface area contributed by atoms with Gasteiger partial charge in [-0.05, 0) is 83.9 Å². The van der Waals surface area contributed by atoms with E-state index < -0.39 is 12.1 Å². The summed E-state index contributed by atoms with van der Waals surface area (Å²) < 4.78 is 5.96. The van der Waals surface area contributed by atoms with Gasteiger partial charge in [0.25, 0.3) is 0 Å². The van der Waals surface area contributed by atoms with Gasteiger partial charge in [-0.25, -0.2) is 0 Å². The molecule has 46 heavy (non-hydrogen) atoms. The molecule has 0 saturated carbocycles. The van der Waals surface area contributed by atoms with Gasteiger partial charge in [-0.15, -0.1) is 5.76 Å². The fraction of sp³-hybridized carbons (Fsp3) is 0.316. The number of ketones is 1. The van der Waals surface area contributed by atoms with Crippen LogP contribution in [0.5, 0.6) is 17.2 Å². The Kier molecular flexibility index (Phi) is 12.8. The van der Waals surface area contributed by atoms with E-state index in [1.165, 1.54) is 0 Å². The van der Waals surface area contributed by atoms with Crippen molar-refractivity contribution in [1.29, 1.82) is 0 Å². The summed E-state index contributed by atoms with van der Waals surface area (Å²) in [6, 6.07) is 17.9. The van der Waals surface area contributed by atoms with Gasteiger partial charge in [0.1, 0.15) is 5.75 Å². The number of nitrogens with zero attached hydrogens (tertiary/aromatic N) is 1. The Labute approximate surface area is 271 Å². The first-order valence-electron chi connectivity index (χ1n) is 15.9. The molecule has 8 nitrogen and oxygen atoms in total. The molecule has 0 bridgehead atoms. The maximum Gasteiger partial charge on any atom is 0.161 e. The van der Waals surface area contributed by atoms with Crippen molar-refractivity contribution in [2.24, 2.45) is 16.5 Å². The fourth-order valence-corrected chi connectivity index (χ4v) is 5.34. The number of phenols is 2. The number of aromatic hydroxyl groups is 2. The Morgan fingerprint density at radius 3 is 2.37 bits per heavy atom. The molecular formula is C38H44N3O5-. The highest BCUT2D eigenvalue weighted by Gasteiger charge is 2.20. The number of unbranched alkanes of at least 4 members (excludes halogenated alkanes) is 3. The van der Waals surface area contributed by atoms with Crippen LogP contribution < -0.4 is 21.3 Å². The van der Waals surface area contributed by atoms with Gasteiger partial charge >= 0.3 is 0 Å². The monoisotopic (exact) mass is 622 g/mol. The van der Waals surface area contributed by atoms with Gasteiger partial charge in [0.05, 0.1) is 12.8 Å². The van der Waals surface area contributed by atoms with Crippen molar-refractivity contribution in [2.45, 2.75) is 70.4 Å². The Balaban J connectivity index is 1.44. The first-order valence-corrected chi connectivity index (χ1v) is 15.9. The van der Waals surface area contributed by atoms with E-state index in [1.807, 2.05) is 42.5 Å². The van der Waals surface area contributed by atoms with E-state index in [0.717, 1.165) is 47.9 Å². The Morgan fingerprint density at radius 1 is 0.957 bits per heavy atom. The summed E-state index contributed by atoms with van der Waals surface area (Å²) in [5, 5.41) is 34.5. The molecule has 0 spiro atoms. The van der Waals surface area contributed by atoms with Crippen LogP contribution in [0.15, 0.2) is 101 Å². The average Bonchev–Trinajstić information content (AvgIpc) is 3.60. The van der Waals surface area contributed by atoms with E-state index in [2.05, 4.69) is 11.9 Å².